The number of rotatable bonds is 11. The van der Waals surface area contributed by atoms with E-state index in [9.17, 15) is 9.59 Å². The fourth-order valence-corrected chi connectivity index (χ4v) is 2.76. The second kappa shape index (κ2) is 11.2. The topological polar surface area (TPSA) is 55.4 Å². The quantitative estimate of drug-likeness (QED) is 0.491. The van der Waals surface area contributed by atoms with Crippen LogP contribution in [0.25, 0.3) is 0 Å². The molecule has 1 heterocycles. The van der Waals surface area contributed by atoms with Gasteiger partial charge in [0.2, 0.25) is 0 Å². The van der Waals surface area contributed by atoms with Crippen molar-refractivity contribution in [1.82, 2.24) is 5.32 Å². The predicted molar refractivity (Wildman–Crippen MR) is 90.2 cm³/mol. The van der Waals surface area contributed by atoms with Crippen LogP contribution < -0.4 is 5.32 Å². The summed E-state index contributed by atoms with van der Waals surface area (Å²) in [7, 11) is 0. The van der Waals surface area contributed by atoms with Gasteiger partial charge in [-0.2, -0.15) is 0 Å². The molecule has 1 amide bonds. The van der Waals surface area contributed by atoms with E-state index < -0.39 is 0 Å². The van der Waals surface area contributed by atoms with E-state index in [1.807, 2.05) is 18.4 Å². The highest BCUT2D eigenvalue weighted by molar-refractivity contribution is 7.12. The lowest BCUT2D eigenvalue weighted by Gasteiger charge is -2.12. The molecule has 22 heavy (non-hydrogen) atoms. The molecule has 0 aliphatic rings. The molecule has 4 nitrogen and oxygen atoms in total. The summed E-state index contributed by atoms with van der Waals surface area (Å²) in [6.45, 7) is 4.49. The van der Waals surface area contributed by atoms with E-state index in [1.165, 1.54) is 37.0 Å². The van der Waals surface area contributed by atoms with Crippen molar-refractivity contribution >= 4 is 23.2 Å². The molecule has 124 valence electrons. The Balaban J connectivity index is 2.07. The van der Waals surface area contributed by atoms with E-state index in [0.29, 0.717) is 11.5 Å². The van der Waals surface area contributed by atoms with Crippen molar-refractivity contribution in [3.63, 3.8) is 0 Å². The fourth-order valence-electron chi connectivity index (χ4n) is 2.13. The number of hydrogen-bond acceptors (Lipinski definition) is 4. The first-order valence-electron chi connectivity index (χ1n) is 8.13. The first-order chi connectivity index (χ1) is 10.6. The normalized spacial score (nSPS) is 11.9. The molecular weight excluding hydrogens is 298 g/mol. The monoisotopic (exact) mass is 325 g/mol. The first kappa shape index (κ1) is 18.7. The average Bonchev–Trinajstić information content (AvgIpc) is 3.00. The second-order valence-electron chi connectivity index (χ2n) is 5.54. The molecule has 0 radical (unpaired) electrons. The van der Waals surface area contributed by atoms with Crippen LogP contribution in [0.2, 0.25) is 0 Å². The molecule has 0 spiro atoms. The van der Waals surface area contributed by atoms with E-state index in [2.05, 4.69) is 12.2 Å². The Morgan fingerprint density at radius 3 is 2.64 bits per heavy atom. The molecule has 5 heteroatoms. The van der Waals surface area contributed by atoms with Crippen molar-refractivity contribution in [2.45, 2.75) is 64.8 Å². The number of unbranched alkanes of at least 4 members (excludes halogenated alkanes) is 5. The SMILES string of the molecule is CCCCCCCCOC(=O)CC(C)NC(=O)c1cccs1. The molecule has 1 N–H and O–H groups in total. The van der Waals surface area contributed by atoms with Crippen LogP contribution in [-0.4, -0.2) is 24.5 Å². The van der Waals surface area contributed by atoms with Crippen LogP contribution in [0, 0.1) is 0 Å². The average molecular weight is 325 g/mol. The van der Waals surface area contributed by atoms with Gasteiger partial charge in [-0.1, -0.05) is 45.1 Å². The highest BCUT2D eigenvalue weighted by Crippen LogP contribution is 2.09. The molecule has 0 fully saturated rings. The molecule has 1 unspecified atom stereocenters. The second-order valence-corrected chi connectivity index (χ2v) is 6.49. The summed E-state index contributed by atoms with van der Waals surface area (Å²) in [5.41, 5.74) is 0. The Labute approximate surface area is 137 Å². The van der Waals surface area contributed by atoms with Crippen molar-refractivity contribution in [2.24, 2.45) is 0 Å². The van der Waals surface area contributed by atoms with Gasteiger partial charge in [-0.15, -0.1) is 11.3 Å². The zero-order valence-corrected chi connectivity index (χ0v) is 14.4. The minimum atomic E-state index is -0.243. The Bertz CT molecular complexity index is 431. The van der Waals surface area contributed by atoms with Crippen LogP contribution in [0.1, 0.15) is 68.5 Å². The molecule has 1 rings (SSSR count). The number of carbonyl (C=O) groups excluding carboxylic acids is 2. The molecule has 1 atom stereocenters. The summed E-state index contributed by atoms with van der Waals surface area (Å²) in [4.78, 5) is 24.2. The van der Waals surface area contributed by atoms with Crippen LogP contribution in [-0.2, 0) is 9.53 Å². The number of thiophene rings is 1. The minimum absolute atomic E-state index is 0.133. The van der Waals surface area contributed by atoms with Gasteiger partial charge in [-0.25, -0.2) is 0 Å². The molecule has 0 bridgehead atoms. The third kappa shape index (κ3) is 8.17. The maximum absolute atomic E-state index is 11.8. The number of nitrogens with one attached hydrogen (secondary N) is 1. The first-order valence-corrected chi connectivity index (χ1v) is 9.01. The number of esters is 1. The third-order valence-electron chi connectivity index (χ3n) is 3.36. The Morgan fingerprint density at radius 2 is 1.95 bits per heavy atom. The molecule has 1 aromatic rings. The van der Waals surface area contributed by atoms with E-state index in [1.54, 1.807) is 6.07 Å². The van der Waals surface area contributed by atoms with Crippen molar-refractivity contribution in [2.75, 3.05) is 6.61 Å². The summed E-state index contributed by atoms with van der Waals surface area (Å²) in [5, 5.41) is 4.66. The van der Waals surface area contributed by atoms with Crippen LogP contribution in [0.4, 0.5) is 0 Å². The number of carbonyl (C=O) groups is 2. The predicted octanol–water partition coefficient (Wildman–Crippen LogP) is 4.16. The largest absolute Gasteiger partial charge is 0.466 e. The Hall–Kier alpha value is -1.36. The lowest BCUT2D eigenvalue weighted by molar-refractivity contribution is -0.144. The highest BCUT2D eigenvalue weighted by Gasteiger charge is 2.14. The lowest BCUT2D eigenvalue weighted by Crippen LogP contribution is -2.34. The summed E-state index contributed by atoms with van der Waals surface area (Å²) < 4.78 is 5.20. The Kier molecular flexibility index (Phi) is 9.55. The summed E-state index contributed by atoms with van der Waals surface area (Å²) in [6.07, 6.45) is 7.23. The van der Waals surface area contributed by atoms with Crippen LogP contribution in [0.5, 0.6) is 0 Å². The number of amides is 1. The van der Waals surface area contributed by atoms with Gasteiger partial charge in [-0.05, 0) is 24.8 Å². The van der Waals surface area contributed by atoms with Gasteiger partial charge in [0.1, 0.15) is 0 Å². The lowest BCUT2D eigenvalue weighted by atomic mass is 10.1. The molecule has 0 saturated heterocycles. The van der Waals surface area contributed by atoms with Gasteiger partial charge < -0.3 is 10.1 Å². The summed E-state index contributed by atoms with van der Waals surface area (Å²) >= 11 is 1.39. The van der Waals surface area contributed by atoms with Gasteiger partial charge in [0.05, 0.1) is 17.9 Å². The molecule has 0 aliphatic heterocycles. The summed E-state index contributed by atoms with van der Waals surface area (Å²) in [5.74, 6) is -0.376. The van der Waals surface area contributed by atoms with Crippen molar-refractivity contribution in [3.8, 4) is 0 Å². The van der Waals surface area contributed by atoms with E-state index >= 15 is 0 Å². The molecule has 0 saturated carbocycles. The van der Waals surface area contributed by atoms with Crippen molar-refractivity contribution < 1.29 is 14.3 Å². The maximum Gasteiger partial charge on any atom is 0.307 e. The van der Waals surface area contributed by atoms with Crippen LogP contribution in [0.3, 0.4) is 0 Å². The summed E-state index contributed by atoms with van der Waals surface area (Å²) in [6, 6.07) is 3.38. The van der Waals surface area contributed by atoms with Gasteiger partial charge in [0.15, 0.2) is 0 Å². The third-order valence-corrected chi connectivity index (χ3v) is 4.22. The van der Waals surface area contributed by atoms with E-state index in [-0.39, 0.29) is 24.3 Å². The van der Waals surface area contributed by atoms with Crippen molar-refractivity contribution in [1.29, 1.82) is 0 Å². The maximum atomic E-state index is 11.8. The number of ether oxygens (including phenoxy) is 1. The van der Waals surface area contributed by atoms with Crippen LogP contribution >= 0.6 is 11.3 Å². The molecular formula is C17H27NO3S. The number of hydrogen-bond donors (Lipinski definition) is 1. The Morgan fingerprint density at radius 1 is 1.23 bits per heavy atom. The van der Waals surface area contributed by atoms with Gasteiger partial charge in [-0.3, -0.25) is 9.59 Å². The fraction of sp³-hybridized carbons (Fsp3) is 0.647. The van der Waals surface area contributed by atoms with E-state index in [0.717, 1.165) is 12.8 Å². The molecule has 0 aliphatic carbocycles. The highest BCUT2D eigenvalue weighted by atomic mass is 32.1. The van der Waals surface area contributed by atoms with E-state index in [4.69, 9.17) is 4.74 Å². The smallest absolute Gasteiger partial charge is 0.307 e. The van der Waals surface area contributed by atoms with Gasteiger partial charge in [0.25, 0.3) is 5.91 Å². The molecule has 1 aromatic heterocycles. The zero-order valence-electron chi connectivity index (χ0n) is 13.6. The minimum Gasteiger partial charge on any atom is -0.466 e. The molecule has 0 aromatic carbocycles. The van der Waals surface area contributed by atoms with Crippen molar-refractivity contribution in [3.05, 3.63) is 22.4 Å². The van der Waals surface area contributed by atoms with Crippen LogP contribution in [0.15, 0.2) is 17.5 Å². The van der Waals surface area contributed by atoms with Gasteiger partial charge in [0, 0.05) is 6.04 Å². The standard InChI is InChI=1S/C17H27NO3S/c1-3-4-5-6-7-8-11-21-16(19)13-14(2)18-17(20)15-10-9-12-22-15/h9-10,12,14H,3-8,11,13H2,1-2H3,(H,18,20). The van der Waals surface area contributed by atoms with Gasteiger partial charge >= 0.3 is 5.97 Å². The zero-order chi connectivity index (χ0) is 16.2.